The zero-order chi connectivity index (χ0) is 43.6. The molecule has 1 heterocycles. The lowest BCUT2D eigenvalue weighted by molar-refractivity contribution is 0.803. The van der Waals surface area contributed by atoms with Crippen LogP contribution < -0.4 is 9.80 Å². The summed E-state index contributed by atoms with van der Waals surface area (Å²) in [4.78, 5) is 6.02. The lowest BCUT2D eigenvalue weighted by Crippen LogP contribution is -2.25. The van der Waals surface area contributed by atoms with Gasteiger partial charge in [-0.3, -0.25) is 0 Å². The van der Waals surface area contributed by atoms with Crippen LogP contribution in [0.1, 0.15) is 22.3 Å². The average molecular weight is 859 g/mol. The van der Waals surface area contributed by atoms with Crippen LogP contribution in [-0.4, -0.2) is 0 Å². The molecule has 2 nitrogen and oxygen atoms in total. The number of hydrogen-bond donors (Lipinski definition) is 0. The molecule has 13 rings (SSSR count). The van der Waals surface area contributed by atoms with Crippen molar-refractivity contribution >= 4 is 55.5 Å². The third kappa shape index (κ3) is 5.80. The molecule has 0 aliphatic heterocycles. The number of fused-ring (bicyclic) bond motifs is 12. The maximum absolute atomic E-state index is 2.41. The Balaban J connectivity index is 0.984. The van der Waals surface area contributed by atoms with Crippen molar-refractivity contribution in [3.8, 4) is 43.8 Å². The van der Waals surface area contributed by atoms with Crippen molar-refractivity contribution in [2.75, 3.05) is 9.80 Å². The maximum atomic E-state index is 2.41. The Bertz CT molecular complexity index is 3490. The van der Waals surface area contributed by atoms with Gasteiger partial charge in [-0.2, -0.15) is 0 Å². The third-order valence-corrected chi connectivity index (χ3v) is 14.9. The molecule has 0 amide bonds. The molecule has 1 atom stereocenters. The molecule has 0 radical (unpaired) electrons. The van der Waals surface area contributed by atoms with E-state index in [1.54, 1.807) is 0 Å². The number of rotatable bonds is 8. The van der Waals surface area contributed by atoms with E-state index >= 15 is 0 Å². The highest BCUT2D eigenvalue weighted by molar-refractivity contribution is 7.22. The van der Waals surface area contributed by atoms with E-state index in [-0.39, 0.29) is 0 Å². The van der Waals surface area contributed by atoms with Crippen molar-refractivity contribution in [3.63, 3.8) is 0 Å². The van der Waals surface area contributed by atoms with Gasteiger partial charge < -0.3 is 9.80 Å². The van der Waals surface area contributed by atoms with E-state index in [1.165, 1.54) is 76.2 Å². The number of para-hydroxylation sites is 4. The molecule has 0 saturated heterocycles. The summed E-state index contributed by atoms with van der Waals surface area (Å²) in [7, 11) is 0. The Kier molecular flexibility index (Phi) is 8.97. The van der Waals surface area contributed by atoms with Crippen molar-refractivity contribution in [2.45, 2.75) is 5.41 Å². The molecule has 1 aromatic heterocycles. The Labute approximate surface area is 389 Å². The summed E-state index contributed by atoms with van der Waals surface area (Å²) in [5, 5.41) is 1.33. The molecule has 2 aliphatic carbocycles. The second-order valence-electron chi connectivity index (χ2n) is 17.2. The van der Waals surface area contributed by atoms with E-state index in [4.69, 9.17) is 0 Å². The molecule has 0 N–H and O–H groups in total. The van der Waals surface area contributed by atoms with E-state index in [9.17, 15) is 0 Å². The molecule has 66 heavy (non-hydrogen) atoms. The Morgan fingerprint density at radius 3 is 1.18 bits per heavy atom. The maximum Gasteiger partial charge on any atom is 0.0740 e. The Hall–Kier alpha value is -8.24. The van der Waals surface area contributed by atoms with Crippen molar-refractivity contribution in [3.05, 3.63) is 277 Å². The van der Waals surface area contributed by atoms with Gasteiger partial charge in [0.25, 0.3) is 0 Å². The predicted molar refractivity (Wildman–Crippen MR) is 278 cm³/mol. The van der Waals surface area contributed by atoms with E-state index in [1.807, 2.05) is 11.3 Å². The predicted octanol–water partition coefficient (Wildman–Crippen LogP) is 17.5. The highest BCUT2D eigenvalue weighted by atomic mass is 32.1. The summed E-state index contributed by atoms with van der Waals surface area (Å²) >= 11 is 1.94. The van der Waals surface area contributed by atoms with E-state index in [0.717, 1.165) is 34.1 Å². The quantitative estimate of drug-likeness (QED) is 0.150. The van der Waals surface area contributed by atoms with Gasteiger partial charge in [-0.15, -0.1) is 11.3 Å². The van der Waals surface area contributed by atoms with Crippen molar-refractivity contribution in [1.29, 1.82) is 0 Å². The fraction of sp³-hybridized carbons (Fsp3) is 0.0159. The molecule has 11 aromatic rings. The van der Waals surface area contributed by atoms with Crippen LogP contribution in [0.5, 0.6) is 0 Å². The first kappa shape index (κ1) is 38.2. The standard InChI is InChI=1S/C63H42N2S/c1-5-19-45(20-6-1)64(46-21-7-2-8-22-46)49-39-35-43(36-40-49)51-29-17-32-56-59(51)53-27-13-15-31-55(53)63(56)57-33-18-30-52(60(57)62-61(63)54-28-14-16-34-58(54)66-62)44-37-41-50(42-38-44)65(47-23-9-3-10-24-47)48-25-11-4-12-26-48/h1-42H. The molecular weight excluding hydrogens is 817 g/mol. The summed E-state index contributed by atoms with van der Waals surface area (Å²) in [6.45, 7) is 0. The number of benzene rings is 10. The van der Waals surface area contributed by atoms with Gasteiger partial charge in [-0.1, -0.05) is 176 Å². The Morgan fingerprint density at radius 1 is 0.288 bits per heavy atom. The van der Waals surface area contributed by atoms with Gasteiger partial charge in [0.1, 0.15) is 0 Å². The summed E-state index contributed by atoms with van der Waals surface area (Å²) in [5.41, 5.74) is 20.6. The number of anilines is 6. The minimum absolute atomic E-state index is 0.503. The van der Waals surface area contributed by atoms with Gasteiger partial charge in [0.05, 0.1) is 5.41 Å². The highest BCUT2D eigenvalue weighted by Crippen LogP contribution is 2.68. The van der Waals surface area contributed by atoms with Crippen LogP contribution >= 0.6 is 11.3 Å². The van der Waals surface area contributed by atoms with Crippen LogP contribution in [0.15, 0.2) is 255 Å². The number of hydrogen-bond acceptors (Lipinski definition) is 3. The normalized spacial score (nSPS) is 14.1. The number of nitrogens with zero attached hydrogens (tertiary/aromatic N) is 2. The zero-order valence-electron chi connectivity index (χ0n) is 36.1. The molecule has 0 bridgehead atoms. The van der Waals surface area contributed by atoms with E-state index in [2.05, 4.69) is 265 Å². The zero-order valence-corrected chi connectivity index (χ0v) is 36.9. The number of thiophene rings is 1. The topological polar surface area (TPSA) is 6.48 Å². The minimum Gasteiger partial charge on any atom is -0.311 e. The second kappa shape index (κ2) is 15.5. The van der Waals surface area contributed by atoms with Crippen LogP contribution in [0.2, 0.25) is 0 Å². The molecular formula is C63H42N2S. The van der Waals surface area contributed by atoms with Gasteiger partial charge in [-0.05, 0) is 140 Å². The lowest BCUT2D eigenvalue weighted by Gasteiger charge is -2.31. The molecule has 0 saturated carbocycles. The largest absolute Gasteiger partial charge is 0.311 e. The molecule has 1 spiro atoms. The van der Waals surface area contributed by atoms with Crippen LogP contribution in [0.3, 0.4) is 0 Å². The first-order valence-electron chi connectivity index (χ1n) is 22.7. The van der Waals surface area contributed by atoms with E-state index < -0.39 is 5.41 Å². The first-order valence-corrected chi connectivity index (χ1v) is 23.5. The average Bonchev–Trinajstić information content (AvgIpc) is 4.02. The highest BCUT2D eigenvalue weighted by Gasteiger charge is 2.54. The first-order chi connectivity index (χ1) is 32.8. The van der Waals surface area contributed by atoms with Crippen LogP contribution in [-0.2, 0) is 5.41 Å². The molecule has 3 heteroatoms. The summed E-state index contributed by atoms with van der Waals surface area (Å²) in [6, 6.07) is 93.2. The SMILES string of the molecule is c1ccc(N(c2ccccc2)c2ccc(-c3cccc4c3-c3ccccc3C43c4cccc(-c5ccc(N(c6ccccc6)c6ccccc6)cc5)c4-c4sc5ccccc5c43)cc2)cc1. The summed E-state index contributed by atoms with van der Waals surface area (Å²) < 4.78 is 1.32. The van der Waals surface area contributed by atoms with Crippen LogP contribution in [0.25, 0.3) is 53.9 Å². The van der Waals surface area contributed by atoms with Gasteiger partial charge in [-0.25, -0.2) is 0 Å². The van der Waals surface area contributed by atoms with Gasteiger partial charge in [0, 0.05) is 49.3 Å². The van der Waals surface area contributed by atoms with E-state index in [0.29, 0.717) is 0 Å². The lowest BCUT2D eigenvalue weighted by atomic mass is 9.69. The molecule has 2 aliphatic rings. The fourth-order valence-corrected chi connectivity index (χ4v) is 12.3. The molecule has 0 fully saturated rings. The van der Waals surface area contributed by atoms with Gasteiger partial charge in [0.15, 0.2) is 0 Å². The summed E-state index contributed by atoms with van der Waals surface area (Å²) in [5.74, 6) is 0. The van der Waals surface area contributed by atoms with Crippen molar-refractivity contribution in [1.82, 2.24) is 0 Å². The monoisotopic (exact) mass is 858 g/mol. The molecule has 310 valence electrons. The van der Waals surface area contributed by atoms with Crippen LogP contribution in [0.4, 0.5) is 34.1 Å². The third-order valence-electron chi connectivity index (χ3n) is 13.7. The van der Waals surface area contributed by atoms with Gasteiger partial charge >= 0.3 is 0 Å². The molecule has 10 aromatic carbocycles. The van der Waals surface area contributed by atoms with Crippen LogP contribution in [0, 0.1) is 0 Å². The fourth-order valence-electron chi connectivity index (χ4n) is 11.0. The van der Waals surface area contributed by atoms with Crippen molar-refractivity contribution < 1.29 is 0 Å². The Morgan fingerprint density at radius 2 is 0.667 bits per heavy atom. The second-order valence-corrected chi connectivity index (χ2v) is 18.2. The minimum atomic E-state index is -0.503. The van der Waals surface area contributed by atoms with Crippen molar-refractivity contribution in [2.24, 2.45) is 0 Å². The van der Waals surface area contributed by atoms with Gasteiger partial charge in [0.2, 0.25) is 0 Å². The summed E-state index contributed by atoms with van der Waals surface area (Å²) in [6.07, 6.45) is 0. The molecule has 1 unspecified atom stereocenters. The smallest absolute Gasteiger partial charge is 0.0740 e.